The predicted octanol–water partition coefficient (Wildman–Crippen LogP) is -2.16. The third-order valence-electron chi connectivity index (χ3n) is 2.02. The molecular weight excluding hydrogens is 232 g/mol. The summed E-state index contributed by atoms with van der Waals surface area (Å²) in [6.45, 7) is 1.05. The molecule has 0 bridgehead atoms. The van der Waals surface area contributed by atoms with Crippen LogP contribution in [0.5, 0.6) is 0 Å². The molecule has 0 aromatic heterocycles. The third-order valence-corrected chi connectivity index (χ3v) is 2.54. The zero-order chi connectivity index (χ0) is 12.4. The van der Waals surface area contributed by atoms with Crippen molar-refractivity contribution < 1.29 is 20.4 Å². The van der Waals surface area contributed by atoms with Crippen molar-refractivity contribution in [3.8, 4) is 0 Å². The fraction of sp³-hybridized carbons (Fsp3) is 0.889. The van der Waals surface area contributed by atoms with Crippen LogP contribution < -0.4 is 0 Å². The number of thiocarbonyl (C=S) groups is 1. The summed E-state index contributed by atoms with van der Waals surface area (Å²) in [7, 11) is 0. The molecule has 96 valence electrons. The highest BCUT2D eigenvalue weighted by molar-refractivity contribution is 7.80. The normalized spacial score (nSPS) is 10.2. The second kappa shape index (κ2) is 9.73. The highest BCUT2D eigenvalue weighted by atomic mass is 32.1. The van der Waals surface area contributed by atoms with Gasteiger partial charge in [0, 0.05) is 26.2 Å². The van der Waals surface area contributed by atoms with Gasteiger partial charge < -0.3 is 30.2 Å². The fourth-order valence-electron chi connectivity index (χ4n) is 1.29. The fourth-order valence-corrected chi connectivity index (χ4v) is 1.65. The van der Waals surface area contributed by atoms with Crippen LogP contribution in [0, 0.1) is 0 Å². The van der Waals surface area contributed by atoms with Gasteiger partial charge >= 0.3 is 0 Å². The Balaban J connectivity index is 4.38. The van der Waals surface area contributed by atoms with E-state index in [9.17, 15) is 0 Å². The second-order valence-electron chi connectivity index (χ2n) is 3.15. The minimum atomic E-state index is -0.0633. The molecule has 0 amide bonds. The summed E-state index contributed by atoms with van der Waals surface area (Å²) in [6.07, 6.45) is 0. The van der Waals surface area contributed by atoms with Crippen molar-refractivity contribution in [3.05, 3.63) is 0 Å². The van der Waals surface area contributed by atoms with Gasteiger partial charge in [0.1, 0.15) is 0 Å². The summed E-state index contributed by atoms with van der Waals surface area (Å²) < 4.78 is 0. The quantitative estimate of drug-likeness (QED) is 0.366. The summed E-state index contributed by atoms with van der Waals surface area (Å²) >= 11 is 5.17. The highest BCUT2D eigenvalue weighted by Crippen LogP contribution is 1.99. The van der Waals surface area contributed by atoms with Gasteiger partial charge in [-0.25, -0.2) is 0 Å². The molecule has 16 heavy (non-hydrogen) atoms. The summed E-state index contributed by atoms with van der Waals surface area (Å²) in [5.41, 5.74) is 0. The Morgan fingerprint density at radius 2 is 0.938 bits per heavy atom. The Bertz CT molecular complexity index is 164. The average molecular weight is 252 g/mol. The number of aliphatic hydroxyl groups is 4. The Morgan fingerprint density at radius 1 is 0.688 bits per heavy atom. The smallest absolute Gasteiger partial charge is 0.171 e. The van der Waals surface area contributed by atoms with Gasteiger partial charge in [-0.2, -0.15) is 0 Å². The van der Waals surface area contributed by atoms with E-state index in [1.165, 1.54) is 0 Å². The molecule has 0 unspecified atom stereocenters. The van der Waals surface area contributed by atoms with Gasteiger partial charge in [0.05, 0.1) is 26.4 Å². The third kappa shape index (κ3) is 5.57. The van der Waals surface area contributed by atoms with Crippen LogP contribution in [0.25, 0.3) is 0 Å². The SMILES string of the molecule is OCCN(CCO)C(=S)N(CCO)CCO. The number of hydrogen-bond donors (Lipinski definition) is 4. The Labute approximate surface area is 101 Å². The van der Waals surface area contributed by atoms with E-state index < -0.39 is 0 Å². The molecule has 0 saturated heterocycles. The lowest BCUT2D eigenvalue weighted by atomic mass is 10.4. The predicted molar refractivity (Wildman–Crippen MR) is 64.1 cm³/mol. The number of rotatable bonds is 8. The topological polar surface area (TPSA) is 87.4 Å². The molecule has 0 aliphatic rings. The van der Waals surface area contributed by atoms with Crippen molar-refractivity contribution in [2.45, 2.75) is 0 Å². The van der Waals surface area contributed by atoms with Gasteiger partial charge in [-0.1, -0.05) is 0 Å². The second-order valence-corrected chi connectivity index (χ2v) is 3.52. The lowest BCUT2D eigenvalue weighted by molar-refractivity contribution is 0.177. The molecule has 0 atom stereocenters. The summed E-state index contributed by atoms with van der Waals surface area (Å²) in [5, 5.41) is 35.8. The van der Waals surface area contributed by atoms with E-state index in [1.54, 1.807) is 9.80 Å². The van der Waals surface area contributed by atoms with Crippen LogP contribution in [0.1, 0.15) is 0 Å². The maximum atomic E-state index is 8.85. The first-order valence-electron chi connectivity index (χ1n) is 5.18. The molecule has 6 nitrogen and oxygen atoms in total. The molecule has 0 aliphatic carbocycles. The van der Waals surface area contributed by atoms with Gasteiger partial charge in [-0.3, -0.25) is 0 Å². The zero-order valence-electron chi connectivity index (χ0n) is 9.25. The zero-order valence-corrected chi connectivity index (χ0v) is 10.1. The van der Waals surface area contributed by atoms with E-state index in [4.69, 9.17) is 32.6 Å². The van der Waals surface area contributed by atoms with Gasteiger partial charge in [-0.05, 0) is 12.2 Å². The van der Waals surface area contributed by atoms with Crippen molar-refractivity contribution in [1.82, 2.24) is 9.80 Å². The van der Waals surface area contributed by atoms with Crippen LogP contribution in [0.4, 0.5) is 0 Å². The minimum Gasteiger partial charge on any atom is -0.395 e. The molecule has 0 spiro atoms. The molecule has 0 saturated carbocycles. The number of hydrogen-bond acceptors (Lipinski definition) is 5. The van der Waals surface area contributed by atoms with Crippen LogP contribution >= 0.6 is 12.2 Å². The van der Waals surface area contributed by atoms with E-state index in [0.717, 1.165) is 0 Å². The average Bonchev–Trinajstić information content (AvgIpc) is 2.27. The lowest BCUT2D eigenvalue weighted by Gasteiger charge is -2.32. The molecule has 0 aromatic carbocycles. The molecule has 0 heterocycles. The van der Waals surface area contributed by atoms with Crippen LogP contribution in [-0.2, 0) is 0 Å². The molecule has 4 N–H and O–H groups in total. The van der Waals surface area contributed by atoms with Crippen LogP contribution in [0.3, 0.4) is 0 Å². The van der Waals surface area contributed by atoms with E-state index in [0.29, 0.717) is 31.3 Å². The van der Waals surface area contributed by atoms with E-state index in [2.05, 4.69) is 0 Å². The summed E-state index contributed by atoms with van der Waals surface area (Å²) in [4.78, 5) is 3.28. The summed E-state index contributed by atoms with van der Waals surface area (Å²) in [5.74, 6) is 0. The van der Waals surface area contributed by atoms with Crippen LogP contribution in [0.15, 0.2) is 0 Å². The maximum absolute atomic E-state index is 8.85. The van der Waals surface area contributed by atoms with E-state index in [-0.39, 0.29) is 26.4 Å². The Kier molecular flexibility index (Phi) is 9.45. The first-order chi connectivity index (χ1) is 7.71. The maximum Gasteiger partial charge on any atom is 0.171 e. The Hall–Kier alpha value is -0.470. The van der Waals surface area contributed by atoms with Gasteiger partial charge in [0.25, 0.3) is 0 Å². The highest BCUT2D eigenvalue weighted by Gasteiger charge is 2.15. The van der Waals surface area contributed by atoms with Gasteiger partial charge in [-0.15, -0.1) is 0 Å². The van der Waals surface area contributed by atoms with Crippen molar-refractivity contribution in [1.29, 1.82) is 0 Å². The molecule has 7 heteroatoms. The minimum absolute atomic E-state index is 0.0633. The lowest BCUT2D eigenvalue weighted by Crippen LogP contribution is -2.47. The van der Waals surface area contributed by atoms with Crippen molar-refractivity contribution in [3.63, 3.8) is 0 Å². The molecule has 0 rings (SSSR count). The van der Waals surface area contributed by atoms with E-state index >= 15 is 0 Å². The molecule has 0 aliphatic heterocycles. The van der Waals surface area contributed by atoms with Crippen molar-refractivity contribution in [2.75, 3.05) is 52.6 Å². The molecular formula is C9H20N2O4S. The Morgan fingerprint density at radius 3 is 1.12 bits per heavy atom. The first-order valence-corrected chi connectivity index (χ1v) is 5.59. The van der Waals surface area contributed by atoms with E-state index in [1.807, 2.05) is 0 Å². The number of nitrogens with zero attached hydrogens (tertiary/aromatic N) is 2. The molecule has 0 aromatic rings. The van der Waals surface area contributed by atoms with Crippen molar-refractivity contribution >= 4 is 17.3 Å². The first kappa shape index (κ1) is 15.5. The van der Waals surface area contributed by atoms with Crippen LogP contribution in [0.2, 0.25) is 0 Å². The summed E-state index contributed by atoms with van der Waals surface area (Å²) in [6, 6.07) is 0. The van der Waals surface area contributed by atoms with Crippen LogP contribution in [-0.4, -0.2) is 87.9 Å². The standard InChI is InChI=1S/C9H20N2O4S/c12-5-1-10(2-6-13)9(16)11(3-7-14)4-8-15/h12-15H,1-8H2. The van der Waals surface area contributed by atoms with Gasteiger partial charge in [0.15, 0.2) is 5.11 Å². The van der Waals surface area contributed by atoms with Gasteiger partial charge in [0.2, 0.25) is 0 Å². The van der Waals surface area contributed by atoms with Crippen molar-refractivity contribution in [2.24, 2.45) is 0 Å². The monoisotopic (exact) mass is 252 g/mol. The molecule has 0 fully saturated rings. The molecule has 0 radical (unpaired) electrons. The largest absolute Gasteiger partial charge is 0.395 e. The number of aliphatic hydroxyl groups excluding tert-OH is 4.